The van der Waals surface area contributed by atoms with Crippen LogP contribution in [-0.4, -0.2) is 19.2 Å². The fourth-order valence-electron chi connectivity index (χ4n) is 2.67. The summed E-state index contributed by atoms with van der Waals surface area (Å²) in [7, 11) is -3.93. The van der Waals surface area contributed by atoms with E-state index in [-0.39, 0.29) is 21.8 Å². The maximum absolute atomic E-state index is 12.8. The Morgan fingerprint density at radius 1 is 1.00 bits per heavy atom. The number of amides is 1. The molecular formula is C20H16ClN3O5S. The molecule has 0 unspecified atom stereocenters. The number of hydrogen-bond acceptors (Lipinski definition) is 5. The number of hydrogen-bond donors (Lipinski definition) is 2. The summed E-state index contributed by atoms with van der Waals surface area (Å²) in [5.74, 6) is -0.528. The number of sulfonamides is 1. The van der Waals surface area contributed by atoms with Gasteiger partial charge in [-0.15, -0.1) is 0 Å². The van der Waals surface area contributed by atoms with Crippen LogP contribution in [0.25, 0.3) is 0 Å². The average molecular weight is 446 g/mol. The Hall–Kier alpha value is -3.43. The fraction of sp³-hybridized carbons (Fsp3) is 0.0500. The van der Waals surface area contributed by atoms with Gasteiger partial charge in [-0.05, 0) is 55.0 Å². The molecule has 3 aromatic rings. The van der Waals surface area contributed by atoms with Gasteiger partial charge in [0.15, 0.2) is 0 Å². The normalized spacial score (nSPS) is 11.0. The van der Waals surface area contributed by atoms with Crippen LogP contribution < -0.4 is 10.0 Å². The first-order valence-electron chi connectivity index (χ1n) is 8.60. The van der Waals surface area contributed by atoms with Crippen molar-refractivity contribution < 1.29 is 18.1 Å². The second kappa shape index (κ2) is 8.52. The number of nitro groups is 1. The summed E-state index contributed by atoms with van der Waals surface area (Å²) in [6.07, 6.45) is 0. The SMILES string of the molecule is Cc1ccc(NC(=O)c2ccc([N+](=O)[O-])cc2)cc1S(=O)(=O)Nc1cccc(Cl)c1. The number of carbonyl (C=O) groups excluding carboxylic acids is 1. The minimum Gasteiger partial charge on any atom is -0.322 e. The molecule has 1 amide bonds. The molecule has 2 N–H and O–H groups in total. The minimum atomic E-state index is -3.93. The van der Waals surface area contributed by atoms with Gasteiger partial charge in [0, 0.05) is 28.4 Å². The van der Waals surface area contributed by atoms with Crippen molar-refractivity contribution in [1.29, 1.82) is 0 Å². The highest BCUT2D eigenvalue weighted by Crippen LogP contribution is 2.24. The van der Waals surface area contributed by atoms with Crippen molar-refractivity contribution in [1.82, 2.24) is 0 Å². The van der Waals surface area contributed by atoms with Crippen LogP contribution in [-0.2, 0) is 10.0 Å². The molecule has 0 radical (unpaired) electrons. The molecule has 0 saturated heterocycles. The first kappa shape index (κ1) is 21.3. The van der Waals surface area contributed by atoms with Crippen LogP contribution >= 0.6 is 11.6 Å². The number of halogens is 1. The van der Waals surface area contributed by atoms with Gasteiger partial charge in [0.2, 0.25) is 0 Å². The molecule has 154 valence electrons. The van der Waals surface area contributed by atoms with Gasteiger partial charge in [-0.3, -0.25) is 19.6 Å². The Labute approximate surface area is 177 Å². The topological polar surface area (TPSA) is 118 Å². The van der Waals surface area contributed by atoms with Crippen LogP contribution in [0.3, 0.4) is 0 Å². The number of rotatable bonds is 6. The molecule has 3 aromatic carbocycles. The third kappa shape index (κ3) is 4.94. The maximum atomic E-state index is 12.8. The molecule has 8 nitrogen and oxygen atoms in total. The zero-order chi connectivity index (χ0) is 21.9. The second-order valence-corrected chi connectivity index (χ2v) is 8.44. The van der Waals surface area contributed by atoms with Crippen LogP contribution in [0.15, 0.2) is 71.6 Å². The molecular weight excluding hydrogens is 430 g/mol. The highest BCUT2D eigenvalue weighted by Gasteiger charge is 2.19. The summed E-state index contributed by atoms with van der Waals surface area (Å²) in [6.45, 7) is 1.63. The molecule has 0 aliphatic carbocycles. The van der Waals surface area contributed by atoms with Crippen molar-refractivity contribution in [2.24, 2.45) is 0 Å². The Morgan fingerprint density at radius 2 is 1.70 bits per heavy atom. The Morgan fingerprint density at radius 3 is 2.33 bits per heavy atom. The van der Waals surface area contributed by atoms with Crippen LogP contribution in [0, 0.1) is 17.0 Å². The summed E-state index contributed by atoms with van der Waals surface area (Å²) >= 11 is 5.90. The highest BCUT2D eigenvalue weighted by atomic mass is 35.5. The van der Waals surface area contributed by atoms with E-state index in [0.29, 0.717) is 16.3 Å². The molecule has 0 bridgehead atoms. The minimum absolute atomic E-state index is 0.0102. The van der Waals surface area contributed by atoms with Crippen molar-refractivity contribution in [2.75, 3.05) is 10.0 Å². The van der Waals surface area contributed by atoms with Crippen molar-refractivity contribution >= 4 is 44.6 Å². The first-order valence-corrected chi connectivity index (χ1v) is 10.5. The van der Waals surface area contributed by atoms with Gasteiger partial charge in [0.25, 0.3) is 21.6 Å². The van der Waals surface area contributed by atoms with E-state index in [1.165, 1.54) is 36.4 Å². The van der Waals surface area contributed by atoms with Gasteiger partial charge in [-0.1, -0.05) is 23.7 Å². The molecule has 0 spiro atoms. The number of non-ortho nitro benzene ring substituents is 1. The predicted molar refractivity (Wildman–Crippen MR) is 114 cm³/mol. The second-order valence-electron chi connectivity index (χ2n) is 6.35. The van der Waals surface area contributed by atoms with Crippen LogP contribution in [0.5, 0.6) is 0 Å². The van der Waals surface area contributed by atoms with Crippen LogP contribution in [0.2, 0.25) is 5.02 Å². The van der Waals surface area contributed by atoms with E-state index in [1.54, 1.807) is 37.3 Å². The molecule has 0 saturated carbocycles. The number of aryl methyl sites for hydroxylation is 1. The molecule has 0 aromatic heterocycles. The molecule has 30 heavy (non-hydrogen) atoms. The Kier molecular flexibility index (Phi) is 6.04. The fourth-order valence-corrected chi connectivity index (χ4v) is 4.18. The maximum Gasteiger partial charge on any atom is 0.269 e. The average Bonchev–Trinajstić information content (AvgIpc) is 2.69. The van der Waals surface area contributed by atoms with Gasteiger partial charge < -0.3 is 5.32 Å². The molecule has 0 aliphatic rings. The van der Waals surface area contributed by atoms with Crippen molar-refractivity contribution in [3.05, 3.63) is 93.0 Å². The molecule has 0 atom stereocenters. The lowest BCUT2D eigenvalue weighted by molar-refractivity contribution is -0.384. The van der Waals surface area contributed by atoms with Crippen molar-refractivity contribution in [2.45, 2.75) is 11.8 Å². The van der Waals surface area contributed by atoms with E-state index < -0.39 is 20.9 Å². The summed E-state index contributed by atoms with van der Waals surface area (Å²) in [5, 5.41) is 13.7. The van der Waals surface area contributed by atoms with E-state index in [0.717, 1.165) is 0 Å². The van der Waals surface area contributed by atoms with Gasteiger partial charge in [-0.2, -0.15) is 0 Å². The van der Waals surface area contributed by atoms with E-state index in [9.17, 15) is 23.3 Å². The van der Waals surface area contributed by atoms with Crippen LogP contribution in [0.1, 0.15) is 15.9 Å². The van der Waals surface area contributed by atoms with E-state index >= 15 is 0 Å². The summed E-state index contributed by atoms with van der Waals surface area (Å²) in [4.78, 5) is 22.6. The summed E-state index contributed by atoms with van der Waals surface area (Å²) in [5.41, 5.74) is 1.11. The van der Waals surface area contributed by atoms with E-state index in [2.05, 4.69) is 10.0 Å². The van der Waals surface area contributed by atoms with Crippen molar-refractivity contribution in [3.8, 4) is 0 Å². The summed E-state index contributed by atoms with van der Waals surface area (Å²) in [6, 6.07) is 15.8. The number of anilines is 2. The molecule has 0 heterocycles. The predicted octanol–water partition coefficient (Wildman–Crippen LogP) is 4.61. The van der Waals surface area contributed by atoms with E-state index in [4.69, 9.17) is 11.6 Å². The van der Waals surface area contributed by atoms with Gasteiger partial charge in [0.05, 0.1) is 15.5 Å². The lowest BCUT2D eigenvalue weighted by Gasteiger charge is -2.13. The number of benzene rings is 3. The molecule has 0 aliphatic heterocycles. The smallest absolute Gasteiger partial charge is 0.269 e. The number of nitro benzene ring substituents is 1. The van der Waals surface area contributed by atoms with E-state index in [1.807, 2.05) is 0 Å². The van der Waals surface area contributed by atoms with Crippen LogP contribution in [0.4, 0.5) is 17.1 Å². The molecule has 3 rings (SSSR count). The zero-order valence-electron chi connectivity index (χ0n) is 15.6. The Bertz CT molecular complexity index is 1230. The van der Waals surface area contributed by atoms with Crippen molar-refractivity contribution in [3.63, 3.8) is 0 Å². The van der Waals surface area contributed by atoms with Gasteiger partial charge in [0.1, 0.15) is 0 Å². The quantitative estimate of drug-likeness (QED) is 0.424. The number of nitrogens with zero attached hydrogens (tertiary/aromatic N) is 1. The third-order valence-corrected chi connectivity index (χ3v) is 5.91. The highest BCUT2D eigenvalue weighted by molar-refractivity contribution is 7.92. The zero-order valence-corrected chi connectivity index (χ0v) is 17.2. The largest absolute Gasteiger partial charge is 0.322 e. The van der Waals surface area contributed by atoms with Gasteiger partial charge >= 0.3 is 0 Å². The standard InChI is InChI=1S/C20H16ClN3O5S/c1-13-5-8-16(22-20(25)14-6-9-18(10-7-14)24(26)27)12-19(13)30(28,29)23-17-4-2-3-15(21)11-17/h2-12,23H,1H3,(H,22,25). The monoisotopic (exact) mass is 445 g/mol. The van der Waals surface area contributed by atoms with Gasteiger partial charge in [-0.25, -0.2) is 8.42 Å². The lowest BCUT2D eigenvalue weighted by Crippen LogP contribution is -2.16. The molecule has 10 heteroatoms. The summed E-state index contributed by atoms with van der Waals surface area (Å²) < 4.78 is 28.1. The first-order chi connectivity index (χ1) is 14.2. The lowest BCUT2D eigenvalue weighted by atomic mass is 10.2. The number of nitrogens with one attached hydrogen (secondary N) is 2. The number of carbonyl (C=O) groups is 1. The molecule has 0 fully saturated rings. The Balaban J connectivity index is 1.83. The third-order valence-electron chi connectivity index (χ3n) is 4.15.